The van der Waals surface area contributed by atoms with Crippen LogP contribution in [0.4, 0.5) is 0 Å². The van der Waals surface area contributed by atoms with Crippen molar-refractivity contribution in [3.05, 3.63) is 17.8 Å². The van der Waals surface area contributed by atoms with Crippen LogP contribution in [0.15, 0.2) is 6.33 Å². The first-order valence-corrected chi connectivity index (χ1v) is 4.28. The molecule has 0 unspecified atom stereocenters. The predicted molar refractivity (Wildman–Crippen MR) is 50.6 cm³/mol. The Morgan fingerprint density at radius 1 is 1.47 bits per heavy atom. The number of aldehydes is 1. The molecular weight excluding hydrogens is 196 g/mol. The number of Topliss-reactive ketones (excluding diaryl/α,β-unsaturated/α-hetero) is 1. The highest BCUT2D eigenvalue weighted by Gasteiger charge is 2.21. The molecule has 0 radical (unpaired) electrons. The van der Waals surface area contributed by atoms with Gasteiger partial charge in [0.05, 0.1) is 0 Å². The number of fused-ring (bicyclic) bond motifs is 1. The van der Waals surface area contributed by atoms with Crippen LogP contribution in [0.3, 0.4) is 0 Å². The van der Waals surface area contributed by atoms with Gasteiger partial charge in [0.25, 0.3) is 0 Å². The van der Waals surface area contributed by atoms with Crippen LogP contribution in [-0.2, 0) is 11.8 Å². The molecule has 2 aliphatic heterocycles. The minimum atomic E-state index is -0.617. The molecule has 76 valence electrons. The first-order valence-electron chi connectivity index (χ1n) is 4.28. The minimum Gasteiger partial charge on any atom is -0.328 e. The highest BCUT2D eigenvalue weighted by atomic mass is 16.2. The summed E-state index contributed by atoms with van der Waals surface area (Å²) in [7, 11) is 1.66. The number of ketones is 1. The smallest absolute Gasteiger partial charge is 0.244 e. The van der Waals surface area contributed by atoms with Crippen molar-refractivity contribution in [3.63, 3.8) is 0 Å². The summed E-state index contributed by atoms with van der Waals surface area (Å²) in [5, 5.41) is 0. The lowest BCUT2D eigenvalue weighted by molar-refractivity contribution is -0.104. The quantitative estimate of drug-likeness (QED) is 0.391. The molecule has 0 aromatic heterocycles. The second-order valence-electron chi connectivity index (χ2n) is 3.09. The Morgan fingerprint density at radius 2 is 2.20 bits per heavy atom. The number of imidazole rings is 1. The van der Waals surface area contributed by atoms with Crippen LogP contribution in [-0.4, -0.2) is 31.6 Å². The maximum Gasteiger partial charge on any atom is 0.244 e. The molecule has 0 saturated carbocycles. The van der Waals surface area contributed by atoms with Gasteiger partial charge in [0.1, 0.15) is 23.5 Å². The van der Waals surface area contributed by atoms with Crippen molar-refractivity contribution in [1.29, 1.82) is 0 Å². The first kappa shape index (κ1) is 9.45. The van der Waals surface area contributed by atoms with Gasteiger partial charge in [-0.1, -0.05) is 0 Å². The number of carbonyl (C=O) groups excluding carboxylic acids is 2. The Labute approximate surface area is 85.3 Å². The minimum absolute atomic E-state index is 0.227. The molecule has 0 bridgehead atoms. The zero-order chi connectivity index (χ0) is 11.0. The normalized spacial score (nSPS) is 10.5. The highest BCUT2D eigenvalue weighted by Crippen LogP contribution is 2.20. The SMILES string of the molecule is Cc1nc2ncnc-2c(C(=O)C=O)n1C. The van der Waals surface area contributed by atoms with Gasteiger partial charge in [-0.05, 0) is 6.92 Å². The Morgan fingerprint density at radius 3 is 2.87 bits per heavy atom. The van der Waals surface area contributed by atoms with Crippen molar-refractivity contribution >= 4 is 12.1 Å². The Balaban J connectivity index is 2.81. The number of nitrogens with zero attached hydrogens (tertiary/aromatic N) is 4. The average Bonchev–Trinajstić information content (AvgIpc) is 2.66. The second-order valence-corrected chi connectivity index (χ2v) is 3.09. The summed E-state index contributed by atoms with van der Waals surface area (Å²) in [5.41, 5.74) is 0.588. The van der Waals surface area contributed by atoms with Gasteiger partial charge in [-0.2, -0.15) is 0 Å². The maximum absolute atomic E-state index is 11.4. The molecule has 0 amide bonds. The number of hydrogen-bond acceptors (Lipinski definition) is 5. The number of aryl methyl sites for hydroxylation is 1. The molecule has 0 aromatic carbocycles. The second kappa shape index (κ2) is 3.23. The van der Waals surface area contributed by atoms with E-state index in [2.05, 4.69) is 15.0 Å². The fourth-order valence-electron chi connectivity index (χ4n) is 1.40. The van der Waals surface area contributed by atoms with Gasteiger partial charge in [0.2, 0.25) is 5.78 Å². The fraction of sp³-hybridized carbons (Fsp3) is 0.222. The van der Waals surface area contributed by atoms with Gasteiger partial charge in [0.15, 0.2) is 12.1 Å². The van der Waals surface area contributed by atoms with Crippen molar-refractivity contribution in [1.82, 2.24) is 19.5 Å². The van der Waals surface area contributed by atoms with Crippen molar-refractivity contribution in [3.8, 4) is 11.5 Å². The molecule has 2 aliphatic rings. The third-order valence-electron chi connectivity index (χ3n) is 2.23. The number of hydrogen-bond donors (Lipinski definition) is 0. The molecule has 0 saturated heterocycles. The van der Waals surface area contributed by atoms with E-state index in [1.165, 1.54) is 10.9 Å². The van der Waals surface area contributed by atoms with Crippen LogP contribution in [0.25, 0.3) is 11.5 Å². The van der Waals surface area contributed by atoms with Gasteiger partial charge in [-0.3, -0.25) is 9.59 Å². The monoisotopic (exact) mass is 204 g/mol. The van der Waals surface area contributed by atoms with Gasteiger partial charge >= 0.3 is 0 Å². The van der Waals surface area contributed by atoms with Crippen molar-refractivity contribution in [2.24, 2.45) is 7.05 Å². The number of aromatic nitrogens is 4. The van der Waals surface area contributed by atoms with E-state index in [-0.39, 0.29) is 12.0 Å². The average molecular weight is 204 g/mol. The standard InChI is InChI=1S/C9H8N4O2/c1-5-12-9-7(10-4-11-9)8(13(5)2)6(15)3-14/h3-4H,1-2H3. The van der Waals surface area contributed by atoms with Crippen LogP contribution in [0, 0.1) is 6.92 Å². The summed E-state index contributed by atoms with van der Waals surface area (Å²) in [6.45, 7) is 1.73. The molecule has 0 N–H and O–H groups in total. The van der Waals surface area contributed by atoms with E-state index in [4.69, 9.17) is 0 Å². The fourth-order valence-corrected chi connectivity index (χ4v) is 1.40. The molecule has 0 spiro atoms. The van der Waals surface area contributed by atoms with Crippen molar-refractivity contribution in [2.45, 2.75) is 6.92 Å². The Bertz CT molecular complexity index is 517. The molecule has 6 heteroatoms. The van der Waals surface area contributed by atoms with Crippen LogP contribution in [0.5, 0.6) is 0 Å². The van der Waals surface area contributed by atoms with Gasteiger partial charge in [-0.25, -0.2) is 15.0 Å². The van der Waals surface area contributed by atoms with E-state index in [1.54, 1.807) is 14.0 Å². The number of carbonyl (C=O) groups is 2. The Hall–Kier alpha value is -2.11. The van der Waals surface area contributed by atoms with E-state index >= 15 is 0 Å². The van der Waals surface area contributed by atoms with Crippen molar-refractivity contribution < 1.29 is 9.59 Å². The lowest BCUT2D eigenvalue weighted by Crippen LogP contribution is -2.17. The molecule has 0 fully saturated rings. The number of rotatable bonds is 2. The topological polar surface area (TPSA) is 77.7 Å². The largest absolute Gasteiger partial charge is 0.328 e. The lowest BCUT2D eigenvalue weighted by Gasteiger charge is -2.11. The molecule has 0 aliphatic carbocycles. The van der Waals surface area contributed by atoms with Crippen LogP contribution < -0.4 is 0 Å². The van der Waals surface area contributed by atoms with Gasteiger partial charge in [0, 0.05) is 7.05 Å². The molecule has 6 nitrogen and oxygen atoms in total. The summed E-state index contributed by atoms with van der Waals surface area (Å²) >= 11 is 0. The van der Waals surface area contributed by atoms with E-state index in [1.807, 2.05) is 0 Å². The summed E-state index contributed by atoms with van der Waals surface area (Å²) in [6, 6.07) is 0. The van der Waals surface area contributed by atoms with E-state index < -0.39 is 5.78 Å². The van der Waals surface area contributed by atoms with E-state index in [0.29, 0.717) is 17.3 Å². The summed E-state index contributed by atoms with van der Waals surface area (Å²) in [5.74, 6) is 0.373. The predicted octanol–water partition coefficient (Wildman–Crippen LogP) is 0.00492. The third kappa shape index (κ3) is 1.30. The van der Waals surface area contributed by atoms with Crippen molar-refractivity contribution in [2.75, 3.05) is 0 Å². The van der Waals surface area contributed by atoms with Crippen LogP contribution >= 0.6 is 0 Å². The van der Waals surface area contributed by atoms with Gasteiger partial charge < -0.3 is 4.57 Å². The van der Waals surface area contributed by atoms with Gasteiger partial charge in [-0.15, -0.1) is 0 Å². The lowest BCUT2D eigenvalue weighted by atomic mass is 10.2. The summed E-state index contributed by atoms with van der Waals surface area (Å²) in [6.07, 6.45) is 1.58. The zero-order valence-electron chi connectivity index (χ0n) is 8.26. The maximum atomic E-state index is 11.4. The highest BCUT2D eigenvalue weighted by molar-refractivity contribution is 6.34. The van der Waals surface area contributed by atoms with E-state index in [9.17, 15) is 9.59 Å². The first-order chi connectivity index (χ1) is 7.15. The summed E-state index contributed by atoms with van der Waals surface area (Å²) < 4.78 is 1.54. The summed E-state index contributed by atoms with van der Waals surface area (Å²) in [4.78, 5) is 33.9. The molecular formula is C9H8N4O2. The van der Waals surface area contributed by atoms with Crippen LogP contribution in [0.2, 0.25) is 0 Å². The molecule has 2 heterocycles. The molecule has 2 rings (SSSR count). The van der Waals surface area contributed by atoms with E-state index in [0.717, 1.165) is 0 Å². The molecule has 0 aromatic rings. The molecule has 15 heavy (non-hydrogen) atoms. The third-order valence-corrected chi connectivity index (χ3v) is 2.23. The zero-order valence-corrected chi connectivity index (χ0v) is 8.26. The van der Waals surface area contributed by atoms with Crippen LogP contribution in [0.1, 0.15) is 16.3 Å². The molecule has 0 atom stereocenters. The Kier molecular flexibility index (Phi) is 2.03.